The second-order valence-corrected chi connectivity index (χ2v) is 16.3. The molecule has 1 aromatic carbocycles. The third-order valence-corrected chi connectivity index (χ3v) is 10.8. The van der Waals surface area contributed by atoms with Gasteiger partial charge in [-0.25, -0.2) is 4.79 Å². The summed E-state index contributed by atoms with van der Waals surface area (Å²) in [5, 5.41) is 0.0979. The first-order valence-electron chi connectivity index (χ1n) is 11.5. The predicted octanol–water partition coefficient (Wildman–Crippen LogP) is 5.20. The van der Waals surface area contributed by atoms with Gasteiger partial charge in [-0.2, -0.15) is 0 Å². The van der Waals surface area contributed by atoms with E-state index in [1.165, 1.54) is 0 Å². The van der Waals surface area contributed by atoms with Crippen LogP contribution >= 0.6 is 0 Å². The maximum Gasteiger partial charge on any atom is 0.410 e. The van der Waals surface area contributed by atoms with E-state index in [1.807, 2.05) is 63.1 Å². The Balaban J connectivity index is 2.11. The SMILES string of the molecule is CN(CC(=O)c1ccccc1)C[C@@H]1C[C@@H](O[Si](C)(C)C(C)(C)C)CN1C(=O)OC(C)(C)C. The van der Waals surface area contributed by atoms with Crippen LogP contribution in [0.2, 0.25) is 18.1 Å². The highest BCUT2D eigenvalue weighted by atomic mass is 28.4. The summed E-state index contributed by atoms with van der Waals surface area (Å²) in [4.78, 5) is 29.4. The van der Waals surface area contributed by atoms with Gasteiger partial charge >= 0.3 is 6.09 Å². The first kappa shape index (κ1) is 26.5. The van der Waals surface area contributed by atoms with Gasteiger partial charge in [0.15, 0.2) is 14.1 Å². The maximum absolute atomic E-state index is 13.0. The zero-order valence-corrected chi connectivity index (χ0v) is 22.4. The Labute approximate surface area is 195 Å². The summed E-state index contributed by atoms with van der Waals surface area (Å²) in [5.41, 5.74) is 0.142. The van der Waals surface area contributed by atoms with Gasteiger partial charge in [0, 0.05) is 18.7 Å². The minimum atomic E-state index is -1.97. The number of carbonyl (C=O) groups excluding carboxylic acids is 2. The van der Waals surface area contributed by atoms with Crippen molar-refractivity contribution < 1.29 is 18.8 Å². The summed E-state index contributed by atoms with van der Waals surface area (Å²) < 4.78 is 12.3. The van der Waals surface area contributed by atoms with Crippen molar-refractivity contribution in [2.45, 2.75) is 83.8 Å². The smallest absolute Gasteiger partial charge is 0.410 e. The standard InChI is InChI=1S/C25H42N2O4Si/c1-24(2,3)30-23(29)27-17-21(31-32(8,9)25(4,5)6)15-20(27)16-26(7)18-22(28)19-13-11-10-12-14-19/h10-14,20-21H,15-18H2,1-9H3/t20-,21+/m0/s1. The molecule has 1 saturated heterocycles. The number of likely N-dealkylation sites (N-methyl/N-ethyl adjacent to an activating group) is 1. The molecule has 1 amide bonds. The van der Waals surface area contributed by atoms with Gasteiger partial charge in [-0.3, -0.25) is 9.69 Å². The predicted molar refractivity (Wildman–Crippen MR) is 132 cm³/mol. The lowest BCUT2D eigenvalue weighted by molar-refractivity contribution is 0.0190. The molecule has 180 valence electrons. The summed E-state index contributed by atoms with van der Waals surface area (Å²) in [7, 11) is -0.0407. The van der Waals surface area contributed by atoms with Crippen LogP contribution in [0.5, 0.6) is 0 Å². The van der Waals surface area contributed by atoms with E-state index in [1.54, 1.807) is 4.90 Å². The van der Waals surface area contributed by atoms with Crippen molar-refractivity contribution in [3.63, 3.8) is 0 Å². The van der Waals surface area contributed by atoms with E-state index >= 15 is 0 Å². The molecule has 2 atom stereocenters. The van der Waals surface area contributed by atoms with Crippen LogP contribution < -0.4 is 0 Å². The number of rotatable bonds is 7. The summed E-state index contributed by atoms with van der Waals surface area (Å²) in [5.74, 6) is 0.0731. The van der Waals surface area contributed by atoms with Crippen LogP contribution in [-0.2, 0) is 9.16 Å². The lowest BCUT2D eigenvalue weighted by atomic mass is 10.1. The van der Waals surface area contributed by atoms with Crippen molar-refractivity contribution in [2.75, 3.05) is 26.7 Å². The molecule has 0 unspecified atom stereocenters. The number of hydrogen-bond acceptors (Lipinski definition) is 5. The normalized spacial score (nSPS) is 20.0. The van der Waals surface area contributed by atoms with E-state index in [4.69, 9.17) is 9.16 Å². The third kappa shape index (κ3) is 7.42. The topological polar surface area (TPSA) is 59.1 Å². The Morgan fingerprint density at radius 1 is 1.09 bits per heavy atom. The number of hydrogen-bond donors (Lipinski definition) is 0. The van der Waals surface area contributed by atoms with Gasteiger partial charge in [-0.15, -0.1) is 0 Å². The van der Waals surface area contributed by atoms with E-state index in [9.17, 15) is 9.59 Å². The van der Waals surface area contributed by atoms with E-state index in [2.05, 4.69) is 33.9 Å². The highest BCUT2D eigenvalue weighted by Gasteiger charge is 2.44. The molecule has 1 aliphatic heterocycles. The third-order valence-electron chi connectivity index (χ3n) is 6.30. The van der Waals surface area contributed by atoms with E-state index in [-0.39, 0.29) is 29.1 Å². The Morgan fingerprint density at radius 2 is 1.69 bits per heavy atom. The molecule has 32 heavy (non-hydrogen) atoms. The van der Waals surface area contributed by atoms with Gasteiger partial charge in [-0.05, 0) is 52.4 Å². The highest BCUT2D eigenvalue weighted by molar-refractivity contribution is 6.74. The molecule has 0 spiro atoms. The summed E-state index contributed by atoms with van der Waals surface area (Å²) in [6, 6.07) is 9.26. The first-order chi connectivity index (χ1) is 14.6. The van der Waals surface area contributed by atoms with Crippen LogP contribution in [0.15, 0.2) is 30.3 Å². The van der Waals surface area contributed by atoms with Crippen molar-refractivity contribution in [1.82, 2.24) is 9.80 Å². The molecule has 1 fully saturated rings. The molecule has 0 N–H and O–H groups in total. The monoisotopic (exact) mass is 462 g/mol. The number of carbonyl (C=O) groups is 2. The van der Waals surface area contributed by atoms with E-state index < -0.39 is 13.9 Å². The molecule has 1 aliphatic rings. The molecule has 0 aromatic heterocycles. The average molecular weight is 463 g/mol. The van der Waals surface area contributed by atoms with Gasteiger partial charge in [-0.1, -0.05) is 51.1 Å². The van der Waals surface area contributed by atoms with Gasteiger partial charge in [0.05, 0.1) is 18.7 Å². The molecule has 0 radical (unpaired) electrons. The van der Waals surface area contributed by atoms with Crippen LogP contribution in [0.25, 0.3) is 0 Å². The van der Waals surface area contributed by atoms with Crippen molar-refractivity contribution in [3.05, 3.63) is 35.9 Å². The van der Waals surface area contributed by atoms with Crippen LogP contribution in [0, 0.1) is 0 Å². The molecule has 2 rings (SSSR count). The number of ketones is 1. The van der Waals surface area contributed by atoms with Crippen LogP contribution in [0.4, 0.5) is 4.79 Å². The Kier molecular flexibility index (Phi) is 8.34. The minimum Gasteiger partial charge on any atom is -0.444 e. The van der Waals surface area contributed by atoms with Gasteiger partial charge in [0.2, 0.25) is 0 Å². The lowest BCUT2D eigenvalue weighted by Crippen LogP contribution is -2.46. The molecule has 0 bridgehead atoms. The molecular formula is C25H42N2O4Si. The van der Waals surface area contributed by atoms with Crippen molar-refractivity contribution >= 4 is 20.2 Å². The van der Waals surface area contributed by atoms with Crippen molar-refractivity contribution in [3.8, 4) is 0 Å². The highest BCUT2D eigenvalue weighted by Crippen LogP contribution is 2.39. The molecule has 1 heterocycles. The Hall–Kier alpha value is -1.70. The van der Waals surface area contributed by atoms with Gasteiger partial charge in [0.1, 0.15) is 5.60 Å². The number of benzene rings is 1. The Morgan fingerprint density at radius 3 is 2.22 bits per heavy atom. The summed E-state index contributed by atoms with van der Waals surface area (Å²) in [6.45, 7) is 18.2. The fourth-order valence-electron chi connectivity index (χ4n) is 3.65. The van der Waals surface area contributed by atoms with E-state index in [0.29, 0.717) is 25.2 Å². The van der Waals surface area contributed by atoms with Crippen LogP contribution in [0.3, 0.4) is 0 Å². The fourth-order valence-corrected chi connectivity index (χ4v) is 5.01. The fraction of sp³-hybridized carbons (Fsp3) is 0.680. The number of Topliss-reactive ketones (excluding diaryl/α,β-unsaturated/α-hetero) is 1. The molecule has 0 aliphatic carbocycles. The summed E-state index contributed by atoms with van der Waals surface area (Å²) in [6.07, 6.45) is 0.411. The Bertz CT molecular complexity index is 783. The van der Waals surface area contributed by atoms with Gasteiger partial charge in [0.25, 0.3) is 0 Å². The number of amides is 1. The second kappa shape index (κ2) is 10.1. The van der Waals surface area contributed by atoms with Crippen molar-refractivity contribution in [1.29, 1.82) is 0 Å². The van der Waals surface area contributed by atoms with E-state index in [0.717, 1.165) is 6.42 Å². The zero-order chi connectivity index (χ0) is 24.3. The van der Waals surface area contributed by atoms with Crippen molar-refractivity contribution in [2.24, 2.45) is 0 Å². The first-order valence-corrected chi connectivity index (χ1v) is 14.4. The molecule has 7 heteroatoms. The summed E-state index contributed by atoms with van der Waals surface area (Å²) >= 11 is 0. The zero-order valence-electron chi connectivity index (χ0n) is 21.4. The number of ether oxygens (including phenoxy) is 1. The van der Waals surface area contributed by atoms with Crippen LogP contribution in [0.1, 0.15) is 58.3 Å². The molecule has 1 aromatic rings. The number of likely N-dealkylation sites (tertiary alicyclic amines) is 1. The largest absolute Gasteiger partial charge is 0.444 e. The average Bonchev–Trinajstić information content (AvgIpc) is 3.01. The lowest BCUT2D eigenvalue weighted by Gasteiger charge is -2.38. The van der Waals surface area contributed by atoms with Gasteiger partial charge < -0.3 is 14.1 Å². The second-order valence-electron chi connectivity index (χ2n) is 11.5. The quantitative estimate of drug-likeness (QED) is 0.412. The minimum absolute atomic E-state index is 0.0216. The van der Waals surface area contributed by atoms with Crippen LogP contribution in [-0.4, -0.2) is 74.4 Å². The molecule has 6 nitrogen and oxygen atoms in total. The molecule has 0 saturated carbocycles. The number of nitrogens with zero attached hydrogens (tertiary/aromatic N) is 2. The molecular weight excluding hydrogens is 420 g/mol. The maximum atomic E-state index is 13.0.